The lowest BCUT2D eigenvalue weighted by molar-refractivity contribution is -0.150. The van der Waals surface area contributed by atoms with E-state index >= 15 is 0 Å². The number of esters is 2. The van der Waals surface area contributed by atoms with Crippen LogP contribution in [0.1, 0.15) is 149 Å². The van der Waals surface area contributed by atoms with E-state index in [4.69, 9.17) is 9.47 Å². The second-order valence-corrected chi connectivity index (χ2v) is 10.5. The van der Waals surface area contributed by atoms with Gasteiger partial charge in [-0.15, -0.1) is 0 Å². The number of unbranched alkanes of at least 4 members (excludes halogenated alkanes) is 11. The second kappa shape index (κ2) is 28.2. The normalized spacial score (nSPS) is 12.0. The number of amides is 1. The number of hydrogen-bond donors (Lipinski definition) is 0. The van der Waals surface area contributed by atoms with Crippen molar-refractivity contribution in [3.63, 3.8) is 0 Å². The minimum Gasteiger partial charge on any atom is -0.462 e. The number of rotatable bonds is 28. The van der Waals surface area contributed by atoms with Crippen LogP contribution < -0.4 is 0 Å². The summed E-state index contributed by atoms with van der Waals surface area (Å²) in [4.78, 5) is 37.4. The monoisotopic (exact) mass is 537 g/mol. The largest absolute Gasteiger partial charge is 0.462 e. The van der Waals surface area contributed by atoms with Gasteiger partial charge in [0.1, 0.15) is 12.7 Å². The maximum atomic E-state index is 12.5. The number of carbonyl (C=O) groups excluding carboxylic acids is 3. The molecule has 0 rings (SSSR count). The zero-order chi connectivity index (χ0) is 28.1. The van der Waals surface area contributed by atoms with Crippen LogP contribution in [0, 0.1) is 0 Å². The fourth-order valence-corrected chi connectivity index (χ4v) is 4.44. The summed E-state index contributed by atoms with van der Waals surface area (Å²) >= 11 is 0. The molecule has 0 saturated carbocycles. The first-order chi connectivity index (χ1) is 18.6. The van der Waals surface area contributed by atoms with Crippen LogP contribution in [0.2, 0.25) is 0 Å². The van der Waals surface area contributed by atoms with Gasteiger partial charge in [-0.2, -0.15) is 0 Å². The van der Waals surface area contributed by atoms with Crippen LogP contribution in [0.5, 0.6) is 0 Å². The molecule has 1 atom stereocenters. The van der Waals surface area contributed by atoms with E-state index < -0.39 is 0 Å². The summed E-state index contributed by atoms with van der Waals surface area (Å²) < 4.78 is 11.1. The van der Waals surface area contributed by atoms with Crippen LogP contribution in [-0.2, 0) is 23.9 Å². The molecule has 0 spiro atoms. The Hall–Kier alpha value is -1.85. The van der Waals surface area contributed by atoms with Crippen molar-refractivity contribution in [1.82, 2.24) is 4.90 Å². The van der Waals surface area contributed by atoms with E-state index in [1.165, 1.54) is 70.6 Å². The number of allylic oxidation sites excluding steroid dienone is 1. The quantitative estimate of drug-likeness (QED) is 0.0434. The Morgan fingerprint density at radius 3 is 1.76 bits per heavy atom. The van der Waals surface area contributed by atoms with Gasteiger partial charge in [0.15, 0.2) is 0 Å². The van der Waals surface area contributed by atoms with E-state index in [0.717, 1.165) is 38.5 Å². The summed E-state index contributed by atoms with van der Waals surface area (Å²) in [6.45, 7) is 7.91. The van der Waals surface area contributed by atoms with Gasteiger partial charge < -0.3 is 14.4 Å². The van der Waals surface area contributed by atoms with Gasteiger partial charge in [-0.25, -0.2) is 0 Å². The molecule has 0 aliphatic carbocycles. The molecule has 0 fully saturated rings. The summed E-state index contributed by atoms with van der Waals surface area (Å²) in [6.07, 6.45) is 25.2. The van der Waals surface area contributed by atoms with E-state index in [9.17, 15) is 14.4 Å². The molecular weight excluding hydrogens is 478 g/mol. The van der Waals surface area contributed by atoms with Crippen molar-refractivity contribution in [2.45, 2.75) is 155 Å². The molecule has 1 unspecified atom stereocenters. The first kappa shape index (κ1) is 36.1. The van der Waals surface area contributed by atoms with Gasteiger partial charge in [0.05, 0.1) is 0 Å². The highest BCUT2D eigenvalue weighted by Gasteiger charge is 2.15. The van der Waals surface area contributed by atoms with Crippen LogP contribution in [0.3, 0.4) is 0 Å². The molecule has 38 heavy (non-hydrogen) atoms. The van der Waals surface area contributed by atoms with Crippen molar-refractivity contribution in [2.24, 2.45) is 0 Å². The van der Waals surface area contributed by atoms with Gasteiger partial charge in [0.25, 0.3) is 0 Å². The molecule has 222 valence electrons. The molecule has 0 aliphatic rings. The first-order valence-electron chi connectivity index (χ1n) is 15.8. The van der Waals surface area contributed by atoms with E-state index in [-0.39, 0.29) is 24.5 Å². The van der Waals surface area contributed by atoms with Gasteiger partial charge in [0, 0.05) is 25.9 Å². The first-order valence-corrected chi connectivity index (χ1v) is 15.8. The molecule has 0 aromatic rings. The topological polar surface area (TPSA) is 72.9 Å². The molecule has 0 bridgehead atoms. The molecule has 0 aliphatic heterocycles. The Labute approximate surface area is 234 Å². The summed E-state index contributed by atoms with van der Waals surface area (Å²) in [5.74, 6) is -0.401. The third kappa shape index (κ3) is 24.5. The van der Waals surface area contributed by atoms with Crippen molar-refractivity contribution >= 4 is 18.3 Å². The molecule has 0 aromatic carbocycles. The average molecular weight is 538 g/mol. The fourth-order valence-electron chi connectivity index (χ4n) is 4.44. The molecule has 0 aromatic heterocycles. The SMILES string of the molecule is CCCCCC/C=C\COC(=O)CCCN(C=O)CCCC(=O)OC(CCCCCC)CCCCCCC. The number of hydrogen-bond acceptors (Lipinski definition) is 5. The standard InChI is InChI=1S/C32H59NO5/c1-4-7-10-13-14-16-19-28-37-31(35)24-20-26-33(29-34)27-21-25-32(36)38-30(22-17-12-9-6-3)23-18-15-11-8-5-2/h16,19,29-30H,4-15,17-18,20-28H2,1-3H3/b19-16-. The summed E-state index contributed by atoms with van der Waals surface area (Å²) in [6, 6.07) is 0. The van der Waals surface area contributed by atoms with Gasteiger partial charge in [-0.05, 0) is 51.4 Å². The zero-order valence-electron chi connectivity index (χ0n) is 25.1. The molecule has 6 nitrogen and oxygen atoms in total. The maximum absolute atomic E-state index is 12.5. The summed E-state index contributed by atoms with van der Waals surface area (Å²) in [5.41, 5.74) is 0. The predicted octanol–water partition coefficient (Wildman–Crippen LogP) is 8.32. The highest BCUT2D eigenvalue weighted by molar-refractivity contribution is 5.70. The van der Waals surface area contributed by atoms with Crippen LogP contribution in [0.4, 0.5) is 0 Å². The minimum atomic E-state index is -0.241. The van der Waals surface area contributed by atoms with Crippen LogP contribution in [0.25, 0.3) is 0 Å². The van der Waals surface area contributed by atoms with Gasteiger partial charge >= 0.3 is 11.9 Å². The summed E-state index contributed by atoms with van der Waals surface area (Å²) in [5, 5.41) is 0. The van der Waals surface area contributed by atoms with Crippen molar-refractivity contribution in [3.05, 3.63) is 12.2 Å². The molecule has 0 radical (unpaired) electrons. The third-order valence-corrected chi connectivity index (χ3v) is 6.84. The summed E-state index contributed by atoms with van der Waals surface area (Å²) in [7, 11) is 0. The maximum Gasteiger partial charge on any atom is 0.306 e. The number of nitrogens with zero attached hydrogens (tertiary/aromatic N) is 1. The lowest BCUT2D eigenvalue weighted by atomic mass is 10.0. The predicted molar refractivity (Wildman–Crippen MR) is 157 cm³/mol. The molecule has 1 amide bonds. The van der Waals surface area contributed by atoms with Gasteiger partial charge in [-0.3, -0.25) is 14.4 Å². The lowest BCUT2D eigenvalue weighted by Crippen LogP contribution is -2.26. The second-order valence-electron chi connectivity index (χ2n) is 10.5. The van der Waals surface area contributed by atoms with E-state index in [2.05, 4.69) is 26.8 Å². The van der Waals surface area contributed by atoms with Crippen molar-refractivity contribution in [3.8, 4) is 0 Å². The van der Waals surface area contributed by atoms with E-state index in [0.29, 0.717) is 39.0 Å². The van der Waals surface area contributed by atoms with E-state index in [1.54, 1.807) is 4.90 Å². The average Bonchev–Trinajstić information content (AvgIpc) is 2.91. The minimum absolute atomic E-state index is 0.0186. The third-order valence-electron chi connectivity index (χ3n) is 6.84. The van der Waals surface area contributed by atoms with Crippen molar-refractivity contribution < 1.29 is 23.9 Å². The van der Waals surface area contributed by atoms with Crippen LogP contribution >= 0.6 is 0 Å². The number of carbonyl (C=O) groups is 3. The van der Waals surface area contributed by atoms with Gasteiger partial charge in [0.2, 0.25) is 6.41 Å². The van der Waals surface area contributed by atoms with Crippen molar-refractivity contribution in [1.29, 1.82) is 0 Å². The highest BCUT2D eigenvalue weighted by atomic mass is 16.5. The molecule has 0 heterocycles. The van der Waals surface area contributed by atoms with Crippen LogP contribution in [-0.4, -0.2) is 49.0 Å². The molecule has 6 heteroatoms. The Kier molecular flexibility index (Phi) is 26.8. The lowest BCUT2D eigenvalue weighted by Gasteiger charge is -2.19. The van der Waals surface area contributed by atoms with Crippen molar-refractivity contribution in [2.75, 3.05) is 19.7 Å². The number of ether oxygens (including phenoxy) is 2. The molecule has 0 N–H and O–H groups in total. The Bertz CT molecular complexity index is 592. The fraction of sp³-hybridized carbons (Fsp3) is 0.844. The Morgan fingerprint density at radius 2 is 1.18 bits per heavy atom. The smallest absolute Gasteiger partial charge is 0.306 e. The highest BCUT2D eigenvalue weighted by Crippen LogP contribution is 2.17. The van der Waals surface area contributed by atoms with Gasteiger partial charge in [-0.1, -0.05) is 97.1 Å². The van der Waals surface area contributed by atoms with Crippen LogP contribution in [0.15, 0.2) is 12.2 Å². The molecule has 0 saturated heterocycles. The molecular formula is C32H59NO5. The Balaban J connectivity index is 4.11. The zero-order valence-corrected chi connectivity index (χ0v) is 25.1. The Morgan fingerprint density at radius 1 is 0.658 bits per heavy atom. The van der Waals surface area contributed by atoms with E-state index in [1.807, 2.05) is 6.08 Å².